The molecular weight excluding hydrogens is 160 g/mol. The molecule has 0 heterocycles. The van der Waals surface area contributed by atoms with Crippen LogP contribution in [0, 0.1) is 0 Å². The van der Waals surface area contributed by atoms with Gasteiger partial charge in [-0.3, -0.25) is 0 Å². The Morgan fingerprint density at radius 2 is 2.17 bits per heavy atom. The highest BCUT2D eigenvalue weighted by molar-refractivity contribution is 5.86. The fourth-order valence-corrected chi connectivity index (χ4v) is 0.474. The van der Waals surface area contributed by atoms with Crippen LogP contribution in [0.4, 0.5) is 0 Å². The molecule has 0 aliphatic carbocycles. The topological polar surface area (TPSA) is 44.8 Å². The molecule has 4 heteroatoms. The molecule has 0 aromatic rings. The van der Waals surface area contributed by atoms with Crippen LogP contribution in [0.5, 0.6) is 0 Å². The molecule has 0 spiro atoms. The number of methoxy groups -OCH3 is 1. The summed E-state index contributed by atoms with van der Waals surface area (Å²) in [7, 11) is 1.39. The summed E-state index contributed by atoms with van der Waals surface area (Å²) < 4.78 is 14.3. The van der Waals surface area contributed by atoms with Crippen molar-refractivity contribution in [3.63, 3.8) is 0 Å². The van der Waals surface area contributed by atoms with Crippen molar-refractivity contribution < 1.29 is 19.0 Å². The fourth-order valence-electron chi connectivity index (χ4n) is 0.474. The molecule has 0 saturated carbocycles. The summed E-state index contributed by atoms with van der Waals surface area (Å²) in [4.78, 5) is 10.9. The summed E-state index contributed by atoms with van der Waals surface area (Å²) in [6.45, 7) is 6.24. The van der Waals surface area contributed by atoms with Gasteiger partial charge in [0.2, 0.25) is 0 Å². The van der Waals surface area contributed by atoms with E-state index in [2.05, 4.69) is 6.58 Å². The van der Waals surface area contributed by atoms with Gasteiger partial charge in [0.1, 0.15) is 0 Å². The van der Waals surface area contributed by atoms with E-state index in [1.54, 1.807) is 13.8 Å². The van der Waals surface area contributed by atoms with Crippen LogP contribution in [-0.4, -0.2) is 26.2 Å². The molecule has 0 aromatic carbocycles. The second-order valence-corrected chi connectivity index (χ2v) is 2.17. The lowest BCUT2D eigenvalue weighted by Gasteiger charge is -2.14. The van der Waals surface area contributed by atoms with E-state index in [9.17, 15) is 4.79 Å². The highest BCUT2D eigenvalue weighted by Gasteiger charge is 2.12. The molecule has 1 unspecified atom stereocenters. The highest BCUT2D eigenvalue weighted by Crippen LogP contribution is 2.00. The van der Waals surface area contributed by atoms with Crippen molar-refractivity contribution in [2.75, 3.05) is 13.7 Å². The molecule has 70 valence electrons. The van der Waals surface area contributed by atoms with Crippen molar-refractivity contribution in [2.24, 2.45) is 0 Å². The zero-order valence-electron chi connectivity index (χ0n) is 7.62. The van der Waals surface area contributed by atoms with Gasteiger partial charge >= 0.3 is 12.4 Å². The summed E-state index contributed by atoms with van der Waals surface area (Å²) in [6, 6.07) is 0. The molecule has 1 atom stereocenters. The molecular formula is C8H14O4. The van der Waals surface area contributed by atoms with Crippen LogP contribution in [0.15, 0.2) is 12.2 Å². The van der Waals surface area contributed by atoms with E-state index >= 15 is 0 Å². The number of carbonyl (C=O) groups excluding carboxylic acids is 1. The molecule has 0 N–H and O–H groups in total. The van der Waals surface area contributed by atoms with Gasteiger partial charge in [0.05, 0.1) is 6.61 Å². The Hall–Kier alpha value is -0.870. The van der Waals surface area contributed by atoms with E-state index in [-0.39, 0.29) is 0 Å². The van der Waals surface area contributed by atoms with Gasteiger partial charge in [-0.1, -0.05) is 6.58 Å². The van der Waals surface area contributed by atoms with Crippen LogP contribution in [0.3, 0.4) is 0 Å². The van der Waals surface area contributed by atoms with E-state index in [0.717, 1.165) is 0 Å². The predicted octanol–water partition coefficient (Wildman–Crippen LogP) is 1.07. The Morgan fingerprint density at radius 1 is 1.58 bits per heavy atom. The summed E-state index contributed by atoms with van der Waals surface area (Å²) >= 11 is 0. The van der Waals surface area contributed by atoms with E-state index in [1.165, 1.54) is 7.11 Å². The van der Waals surface area contributed by atoms with E-state index < -0.39 is 12.4 Å². The monoisotopic (exact) mass is 174 g/mol. The Balaban J connectivity index is 3.85. The average Bonchev–Trinajstić information content (AvgIpc) is 2.03. The number of esters is 1. The van der Waals surface area contributed by atoms with Gasteiger partial charge in [-0.05, 0) is 13.8 Å². The lowest BCUT2D eigenvalue weighted by molar-refractivity contribution is -0.261. The first-order chi connectivity index (χ1) is 5.61. The van der Waals surface area contributed by atoms with Crippen molar-refractivity contribution in [1.82, 2.24) is 0 Å². The third-order valence-corrected chi connectivity index (χ3v) is 1.05. The van der Waals surface area contributed by atoms with Crippen LogP contribution >= 0.6 is 0 Å². The minimum Gasteiger partial charge on any atom is -0.407 e. The minimum atomic E-state index is -0.931. The average molecular weight is 174 g/mol. The summed E-state index contributed by atoms with van der Waals surface area (Å²) in [5.41, 5.74) is 0.316. The number of rotatable bonds is 5. The van der Waals surface area contributed by atoms with Gasteiger partial charge < -0.3 is 14.2 Å². The number of hydrogen-bond donors (Lipinski definition) is 0. The molecule has 0 amide bonds. The molecule has 0 aromatic heterocycles. The maximum Gasteiger partial charge on any atom is 0.337 e. The lowest BCUT2D eigenvalue weighted by atomic mass is 10.4. The van der Waals surface area contributed by atoms with Gasteiger partial charge in [-0.15, -0.1) is 0 Å². The maximum absolute atomic E-state index is 10.9. The molecule has 0 aliphatic rings. The summed E-state index contributed by atoms with van der Waals surface area (Å²) in [5, 5.41) is 0. The zero-order chi connectivity index (χ0) is 9.56. The molecule has 0 saturated heterocycles. The summed E-state index contributed by atoms with van der Waals surface area (Å²) in [5.74, 6) is -0.518. The third-order valence-electron chi connectivity index (χ3n) is 1.05. The normalized spacial score (nSPS) is 12.2. The standard InChI is InChI=1S/C8H14O4/c1-5-11-8(10-4)12-7(9)6(2)3/h8H,2,5H2,1,3-4H3. The molecule has 4 nitrogen and oxygen atoms in total. The first-order valence-electron chi connectivity index (χ1n) is 3.62. The molecule has 0 rings (SSSR count). The van der Waals surface area contributed by atoms with Gasteiger partial charge in [0, 0.05) is 12.7 Å². The zero-order valence-corrected chi connectivity index (χ0v) is 7.62. The molecule has 0 fully saturated rings. The van der Waals surface area contributed by atoms with Crippen LogP contribution in [0.2, 0.25) is 0 Å². The van der Waals surface area contributed by atoms with Gasteiger partial charge in [-0.2, -0.15) is 0 Å². The third kappa shape index (κ3) is 4.10. The smallest absolute Gasteiger partial charge is 0.337 e. The number of hydrogen-bond acceptors (Lipinski definition) is 4. The highest BCUT2D eigenvalue weighted by atomic mass is 16.8. The second-order valence-electron chi connectivity index (χ2n) is 2.17. The van der Waals surface area contributed by atoms with Crippen molar-refractivity contribution in [1.29, 1.82) is 0 Å². The van der Waals surface area contributed by atoms with Crippen molar-refractivity contribution >= 4 is 5.97 Å². The Labute approximate surface area is 72.1 Å². The quantitative estimate of drug-likeness (QED) is 0.355. The van der Waals surface area contributed by atoms with Crippen LogP contribution in [0.25, 0.3) is 0 Å². The van der Waals surface area contributed by atoms with Gasteiger partial charge in [0.15, 0.2) is 0 Å². The Kier molecular flexibility index (Phi) is 5.32. The second kappa shape index (κ2) is 5.74. The molecule has 0 aliphatic heterocycles. The SMILES string of the molecule is C=C(C)C(=O)OC(OC)OCC. The maximum atomic E-state index is 10.9. The fraction of sp³-hybridized carbons (Fsp3) is 0.625. The molecule has 0 bridgehead atoms. The number of ether oxygens (including phenoxy) is 3. The predicted molar refractivity (Wildman–Crippen MR) is 43.3 cm³/mol. The van der Waals surface area contributed by atoms with Crippen LogP contribution in [0.1, 0.15) is 13.8 Å². The van der Waals surface area contributed by atoms with E-state index in [0.29, 0.717) is 12.2 Å². The van der Waals surface area contributed by atoms with Crippen molar-refractivity contribution in [2.45, 2.75) is 20.3 Å². The Morgan fingerprint density at radius 3 is 2.50 bits per heavy atom. The van der Waals surface area contributed by atoms with Crippen molar-refractivity contribution in [3.8, 4) is 0 Å². The largest absolute Gasteiger partial charge is 0.407 e. The van der Waals surface area contributed by atoms with Crippen molar-refractivity contribution in [3.05, 3.63) is 12.2 Å². The first-order valence-corrected chi connectivity index (χ1v) is 3.62. The first kappa shape index (κ1) is 11.1. The lowest BCUT2D eigenvalue weighted by Crippen LogP contribution is -2.23. The van der Waals surface area contributed by atoms with Crippen LogP contribution in [-0.2, 0) is 19.0 Å². The van der Waals surface area contributed by atoms with Crippen LogP contribution < -0.4 is 0 Å². The number of carbonyl (C=O) groups is 1. The Bertz CT molecular complexity index is 164. The molecule has 0 radical (unpaired) electrons. The summed E-state index contributed by atoms with van der Waals surface area (Å²) in [6.07, 6.45) is 0. The van der Waals surface area contributed by atoms with Gasteiger partial charge in [-0.25, -0.2) is 4.79 Å². The van der Waals surface area contributed by atoms with E-state index in [4.69, 9.17) is 14.2 Å². The molecule has 12 heavy (non-hydrogen) atoms. The van der Waals surface area contributed by atoms with E-state index in [1.807, 2.05) is 0 Å². The van der Waals surface area contributed by atoms with Gasteiger partial charge in [0.25, 0.3) is 0 Å². The minimum absolute atomic E-state index is 0.316.